The lowest BCUT2D eigenvalue weighted by molar-refractivity contribution is 0.447. The Kier molecular flexibility index (Phi) is 4.75. The number of hydrogen-bond acceptors (Lipinski definition) is 3. The molecule has 0 radical (unpaired) electrons. The van der Waals surface area contributed by atoms with Crippen LogP contribution in [0.4, 0.5) is 4.39 Å². The lowest BCUT2D eigenvalue weighted by atomic mass is 10.0. The van der Waals surface area contributed by atoms with E-state index in [9.17, 15) is 4.39 Å². The van der Waals surface area contributed by atoms with Crippen molar-refractivity contribution in [1.82, 2.24) is 15.2 Å². The van der Waals surface area contributed by atoms with Gasteiger partial charge in [-0.2, -0.15) is 5.10 Å². The van der Waals surface area contributed by atoms with Crippen molar-refractivity contribution >= 4 is 11.6 Å². The van der Waals surface area contributed by atoms with E-state index < -0.39 is 0 Å². The van der Waals surface area contributed by atoms with Gasteiger partial charge in [0, 0.05) is 6.04 Å². The fourth-order valence-corrected chi connectivity index (χ4v) is 2.48. The Labute approximate surface area is 122 Å². The smallest absolute Gasteiger partial charge is 0.123 e. The molecule has 3 N–H and O–H groups in total. The lowest BCUT2D eigenvalue weighted by Gasteiger charge is -2.20. The van der Waals surface area contributed by atoms with Crippen LogP contribution in [-0.2, 0) is 6.42 Å². The van der Waals surface area contributed by atoms with E-state index in [0.717, 1.165) is 11.3 Å². The first-order valence-electron chi connectivity index (χ1n) is 6.46. The molecule has 1 heterocycles. The van der Waals surface area contributed by atoms with Crippen molar-refractivity contribution in [2.45, 2.75) is 32.4 Å². The summed E-state index contributed by atoms with van der Waals surface area (Å²) in [5.74, 6) is 5.38. The first kappa shape index (κ1) is 15.0. The highest BCUT2D eigenvalue weighted by Crippen LogP contribution is 2.27. The molecule has 0 fully saturated rings. The Hall–Kier alpha value is -1.43. The van der Waals surface area contributed by atoms with Gasteiger partial charge in [-0.3, -0.25) is 16.0 Å². The standard InChI is InChI=1S/C14H18ClFN4/c1-9(2)20-14(12(15)8-18-20)13(19-17)7-10-4-3-5-11(16)6-10/h3-6,8-9,13,19H,7,17H2,1-2H3. The molecule has 20 heavy (non-hydrogen) atoms. The van der Waals surface area contributed by atoms with Crippen LogP contribution in [0.3, 0.4) is 0 Å². The van der Waals surface area contributed by atoms with E-state index in [-0.39, 0.29) is 17.9 Å². The second-order valence-corrected chi connectivity index (χ2v) is 5.38. The zero-order chi connectivity index (χ0) is 14.7. The summed E-state index contributed by atoms with van der Waals surface area (Å²) in [6.07, 6.45) is 2.14. The van der Waals surface area contributed by atoms with Gasteiger partial charge in [0.15, 0.2) is 0 Å². The summed E-state index contributed by atoms with van der Waals surface area (Å²) in [5, 5.41) is 4.81. The maximum atomic E-state index is 13.3. The number of nitrogens with zero attached hydrogens (tertiary/aromatic N) is 2. The average Bonchev–Trinajstić information content (AvgIpc) is 2.78. The molecule has 1 aromatic heterocycles. The molecule has 1 atom stereocenters. The van der Waals surface area contributed by atoms with Crippen LogP contribution in [0.25, 0.3) is 0 Å². The highest BCUT2D eigenvalue weighted by atomic mass is 35.5. The first-order chi connectivity index (χ1) is 9.52. The van der Waals surface area contributed by atoms with Gasteiger partial charge in [0.25, 0.3) is 0 Å². The molecule has 0 aliphatic heterocycles. The molecule has 0 aliphatic carbocycles. The SMILES string of the molecule is CC(C)n1ncc(Cl)c1C(Cc1cccc(F)c1)NN. The Morgan fingerprint density at radius 2 is 2.20 bits per heavy atom. The third-order valence-electron chi connectivity index (χ3n) is 3.14. The molecular formula is C14H18ClFN4. The maximum absolute atomic E-state index is 13.3. The minimum Gasteiger partial charge on any atom is -0.271 e. The van der Waals surface area contributed by atoms with Gasteiger partial charge in [-0.05, 0) is 38.0 Å². The van der Waals surface area contributed by atoms with Gasteiger partial charge in [-0.25, -0.2) is 4.39 Å². The number of hydrogen-bond donors (Lipinski definition) is 2. The largest absolute Gasteiger partial charge is 0.271 e. The van der Waals surface area contributed by atoms with Gasteiger partial charge in [0.2, 0.25) is 0 Å². The second-order valence-electron chi connectivity index (χ2n) is 4.97. The van der Waals surface area contributed by atoms with Gasteiger partial charge >= 0.3 is 0 Å². The van der Waals surface area contributed by atoms with E-state index in [1.807, 2.05) is 24.6 Å². The number of nitrogens with two attached hydrogens (primary N) is 1. The van der Waals surface area contributed by atoms with Crippen molar-refractivity contribution in [3.05, 3.63) is 52.6 Å². The number of halogens is 2. The Bertz CT molecular complexity index is 582. The van der Waals surface area contributed by atoms with Crippen LogP contribution in [0.1, 0.15) is 37.2 Å². The quantitative estimate of drug-likeness (QED) is 0.659. The molecule has 6 heteroatoms. The average molecular weight is 297 g/mol. The van der Waals surface area contributed by atoms with Gasteiger partial charge in [-0.15, -0.1) is 0 Å². The van der Waals surface area contributed by atoms with Crippen molar-refractivity contribution in [2.75, 3.05) is 0 Å². The molecule has 0 bridgehead atoms. The van der Waals surface area contributed by atoms with E-state index in [1.54, 1.807) is 12.3 Å². The van der Waals surface area contributed by atoms with Crippen molar-refractivity contribution in [1.29, 1.82) is 0 Å². The minimum atomic E-state index is -0.262. The van der Waals surface area contributed by atoms with Gasteiger partial charge in [0.05, 0.1) is 23.0 Å². The molecule has 4 nitrogen and oxygen atoms in total. The Balaban J connectivity index is 2.31. The summed E-state index contributed by atoms with van der Waals surface area (Å²) >= 11 is 6.21. The molecular weight excluding hydrogens is 279 g/mol. The number of aromatic nitrogens is 2. The predicted octanol–water partition coefficient (Wildman–Crippen LogP) is 3.00. The minimum absolute atomic E-state index is 0.167. The maximum Gasteiger partial charge on any atom is 0.123 e. The second kappa shape index (κ2) is 6.35. The summed E-state index contributed by atoms with van der Waals surface area (Å²) in [4.78, 5) is 0. The van der Waals surface area contributed by atoms with Gasteiger partial charge in [-0.1, -0.05) is 23.7 Å². The van der Waals surface area contributed by atoms with Crippen LogP contribution < -0.4 is 11.3 Å². The molecule has 2 rings (SSSR count). The van der Waals surface area contributed by atoms with Crippen molar-refractivity contribution in [2.24, 2.45) is 5.84 Å². The number of rotatable bonds is 5. The van der Waals surface area contributed by atoms with E-state index in [4.69, 9.17) is 17.4 Å². The zero-order valence-electron chi connectivity index (χ0n) is 11.5. The number of nitrogens with one attached hydrogen (secondary N) is 1. The zero-order valence-corrected chi connectivity index (χ0v) is 12.2. The van der Waals surface area contributed by atoms with Gasteiger partial charge in [0.1, 0.15) is 5.82 Å². The van der Waals surface area contributed by atoms with Crippen LogP contribution in [0, 0.1) is 5.82 Å². The molecule has 108 valence electrons. The summed E-state index contributed by atoms with van der Waals surface area (Å²) in [7, 11) is 0. The van der Waals surface area contributed by atoms with Crippen LogP contribution in [-0.4, -0.2) is 9.78 Å². The van der Waals surface area contributed by atoms with Gasteiger partial charge < -0.3 is 0 Å². The molecule has 0 aliphatic rings. The van der Waals surface area contributed by atoms with E-state index in [2.05, 4.69) is 10.5 Å². The fraction of sp³-hybridized carbons (Fsp3) is 0.357. The third kappa shape index (κ3) is 3.17. The van der Waals surface area contributed by atoms with Crippen LogP contribution >= 0.6 is 11.6 Å². The monoisotopic (exact) mass is 296 g/mol. The molecule has 1 aromatic carbocycles. The molecule has 2 aromatic rings. The Morgan fingerprint density at radius 3 is 2.80 bits per heavy atom. The normalized spacial score (nSPS) is 12.9. The van der Waals surface area contributed by atoms with E-state index in [1.165, 1.54) is 12.1 Å². The third-order valence-corrected chi connectivity index (χ3v) is 3.43. The number of hydrazine groups is 1. The molecule has 0 saturated heterocycles. The van der Waals surface area contributed by atoms with Crippen LogP contribution in [0.15, 0.2) is 30.5 Å². The van der Waals surface area contributed by atoms with Crippen LogP contribution in [0.5, 0.6) is 0 Å². The van der Waals surface area contributed by atoms with Crippen molar-refractivity contribution in [3.8, 4) is 0 Å². The summed E-state index contributed by atoms with van der Waals surface area (Å²) < 4.78 is 15.1. The summed E-state index contributed by atoms with van der Waals surface area (Å²) in [5.41, 5.74) is 4.40. The first-order valence-corrected chi connectivity index (χ1v) is 6.84. The van der Waals surface area contributed by atoms with Crippen molar-refractivity contribution < 1.29 is 4.39 Å². The molecule has 0 saturated carbocycles. The van der Waals surface area contributed by atoms with Crippen molar-refractivity contribution in [3.63, 3.8) is 0 Å². The molecule has 0 amide bonds. The topological polar surface area (TPSA) is 55.9 Å². The predicted molar refractivity (Wildman–Crippen MR) is 77.8 cm³/mol. The molecule has 1 unspecified atom stereocenters. The number of benzene rings is 1. The highest BCUT2D eigenvalue weighted by Gasteiger charge is 2.21. The van der Waals surface area contributed by atoms with E-state index >= 15 is 0 Å². The summed E-state index contributed by atoms with van der Waals surface area (Å²) in [6, 6.07) is 6.39. The highest BCUT2D eigenvalue weighted by molar-refractivity contribution is 6.31. The molecule has 0 spiro atoms. The van der Waals surface area contributed by atoms with E-state index in [0.29, 0.717) is 11.4 Å². The van der Waals surface area contributed by atoms with Crippen LogP contribution in [0.2, 0.25) is 5.02 Å². The summed E-state index contributed by atoms with van der Waals surface area (Å²) in [6.45, 7) is 4.03. The lowest BCUT2D eigenvalue weighted by Crippen LogP contribution is -2.32. The Morgan fingerprint density at radius 1 is 1.45 bits per heavy atom. The fourth-order valence-electron chi connectivity index (χ4n) is 2.22.